The number of carbonyl (C=O) groups excluding carboxylic acids is 1. The highest BCUT2D eigenvalue weighted by Gasteiger charge is 2.30. The fourth-order valence-electron chi connectivity index (χ4n) is 2.52. The molecule has 0 fully saturated rings. The predicted octanol–water partition coefficient (Wildman–Crippen LogP) is 2.80. The van der Waals surface area contributed by atoms with Crippen LogP contribution in [0.3, 0.4) is 0 Å². The Morgan fingerprint density at radius 2 is 1.85 bits per heavy atom. The molecule has 1 aromatic rings. The molecule has 0 amide bonds. The number of carbonyl (C=O) groups is 1. The quantitative estimate of drug-likeness (QED) is 0.718. The number of Topliss-reactive ketones (excluding diaryl/α,β-unsaturated/α-hetero) is 1. The molecule has 94 valence electrons. The third kappa shape index (κ3) is 1.67. The van der Waals surface area contributed by atoms with Gasteiger partial charge in [-0.15, -0.1) is 0 Å². The monoisotopic (exact) mass is 259 g/mol. The number of hydrogen-bond acceptors (Lipinski definition) is 4. The molecule has 0 atom stereocenters. The molecule has 20 heavy (non-hydrogen) atoms. The molecule has 1 aliphatic carbocycles. The van der Waals surface area contributed by atoms with E-state index in [0.29, 0.717) is 24.1 Å². The minimum Gasteiger partial charge on any atom is -0.287 e. The van der Waals surface area contributed by atoms with E-state index in [0.717, 1.165) is 11.1 Å². The number of rotatable bonds is 0. The maximum atomic E-state index is 12.4. The van der Waals surface area contributed by atoms with E-state index in [1.54, 1.807) is 12.1 Å². The molecule has 0 saturated heterocycles. The van der Waals surface area contributed by atoms with Gasteiger partial charge in [0.15, 0.2) is 5.71 Å². The first-order chi connectivity index (χ1) is 9.76. The summed E-state index contributed by atoms with van der Waals surface area (Å²) >= 11 is 0. The van der Waals surface area contributed by atoms with Crippen LogP contribution >= 0.6 is 0 Å². The van der Waals surface area contributed by atoms with Gasteiger partial charge in [0.2, 0.25) is 5.78 Å². The Kier molecular flexibility index (Phi) is 2.78. The first-order valence-electron chi connectivity index (χ1n) is 6.23. The lowest BCUT2D eigenvalue weighted by Gasteiger charge is -2.07. The van der Waals surface area contributed by atoms with Crippen molar-refractivity contribution >= 4 is 17.1 Å². The lowest BCUT2D eigenvalue weighted by Crippen LogP contribution is -2.05. The Morgan fingerprint density at radius 3 is 2.55 bits per heavy atom. The molecule has 0 bridgehead atoms. The molecule has 3 rings (SSSR count). The van der Waals surface area contributed by atoms with Crippen LogP contribution in [0.15, 0.2) is 46.6 Å². The van der Waals surface area contributed by atoms with Gasteiger partial charge in [-0.3, -0.25) is 4.79 Å². The average molecular weight is 259 g/mol. The van der Waals surface area contributed by atoms with Gasteiger partial charge in [-0.1, -0.05) is 30.3 Å². The maximum Gasteiger partial charge on any atom is 0.212 e. The summed E-state index contributed by atoms with van der Waals surface area (Å²) in [7, 11) is 0. The molecule has 4 nitrogen and oxygen atoms in total. The SMILES string of the molecule is N#CC1=NC2=C(CC/C=C\1C#N)c1ccccc1C2=O. The van der Waals surface area contributed by atoms with Crippen molar-refractivity contribution in [2.24, 2.45) is 4.99 Å². The number of nitrogens with zero attached hydrogens (tertiary/aromatic N) is 3. The van der Waals surface area contributed by atoms with Crippen molar-refractivity contribution < 1.29 is 4.79 Å². The smallest absolute Gasteiger partial charge is 0.212 e. The van der Waals surface area contributed by atoms with E-state index >= 15 is 0 Å². The third-order valence-corrected chi connectivity index (χ3v) is 3.45. The zero-order chi connectivity index (χ0) is 14.1. The highest BCUT2D eigenvalue weighted by atomic mass is 16.1. The lowest BCUT2D eigenvalue weighted by atomic mass is 9.99. The number of nitriles is 2. The van der Waals surface area contributed by atoms with Crippen LogP contribution in [0, 0.1) is 22.7 Å². The van der Waals surface area contributed by atoms with Crippen molar-refractivity contribution in [2.75, 3.05) is 0 Å². The van der Waals surface area contributed by atoms with Crippen LogP contribution in [0.4, 0.5) is 0 Å². The van der Waals surface area contributed by atoms with Gasteiger partial charge < -0.3 is 0 Å². The molecule has 0 spiro atoms. The van der Waals surface area contributed by atoms with Crippen LogP contribution < -0.4 is 0 Å². The van der Waals surface area contributed by atoms with Gasteiger partial charge in [0.25, 0.3) is 0 Å². The second kappa shape index (κ2) is 4.60. The van der Waals surface area contributed by atoms with Gasteiger partial charge in [0, 0.05) is 5.56 Å². The summed E-state index contributed by atoms with van der Waals surface area (Å²) in [6, 6.07) is 11.2. The van der Waals surface area contributed by atoms with Crippen LogP contribution in [0.2, 0.25) is 0 Å². The molecular weight excluding hydrogens is 250 g/mol. The fourth-order valence-corrected chi connectivity index (χ4v) is 2.52. The molecule has 0 radical (unpaired) electrons. The van der Waals surface area contributed by atoms with Crippen LogP contribution in [-0.4, -0.2) is 11.5 Å². The Labute approximate surface area is 116 Å². The highest BCUT2D eigenvalue weighted by Crippen LogP contribution is 2.37. The van der Waals surface area contributed by atoms with Crippen molar-refractivity contribution in [1.82, 2.24) is 0 Å². The van der Waals surface area contributed by atoms with Crippen molar-refractivity contribution in [3.8, 4) is 12.1 Å². The van der Waals surface area contributed by atoms with Gasteiger partial charge in [-0.25, -0.2) is 4.99 Å². The second-order valence-corrected chi connectivity index (χ2v) is 4.54. The first-order valence-corrected chi connectivity index (χ1v) is 6.23. The van der Waals surface area contributed by atoms with Crippen molar-refractivity contribution in [3.05, 3.63) is 52.7 Å². The van der Waals surface area contributed by atoms with E-state index in [4.69, 9.17) is 10.5 Å². The number of aliphatic imine (C=N–C) groups is 1. The molecule has 2 aliphatic rings. The van der Waals surface area contributed by atoms with Gasteiger partial charge in [0.1, 0.15) is 17.8 Å². The van der Waals surface area contributed by atoms with E-state index in [-0.39, 0.29) is 17.1 Å². The standard InChI is InChI=1S/C16H9N3O/c17-8-10-4-3-7-12-11-5-1-2-6-13(11)16(20)15(12)19-14(10)9-18/h1-2,4-6H,3,7H2/b10-4-,19-14?. The number of benzene rings is 1. The van der Waals surface area contributed by atoms with Crippen molar-refractivity contribution in [3.63, 3.8) is 0 Å². The van der Waals surface area contributed by atoms with E-state index in [9.17, 15) is 4.79 Å². The van der Waals surface area contributed by atoms with Crippen molar-refractivity contribution in [2.45, 2.75) is 12.8 Å². The molecule has 4 heteroatoms. The molecule has 1 aromatic carbocycles. The number of fused-ring (bicyclic) bond motifs is 2. The Bertz CT molecular complexity index is 798. The van der Waals surface area contributed by atoms with Gasteiger partial charge >= 0.3 is 0 Å². The van der Waals surface area contributed by atoms with E-state index in [1.165, 1.54) is 0 Å². The Hall–Kier alpha value is -2.98. The summed E-state index contributed by atoms with van der Waals surface area (Å²) in [6.45, 7) is 0. The van der Waals surface area contributed by atoms with Crippen LogP contribution in [0.5, 0.6) is 0 Å². The number of allylic oxidation sites excluding steroid dienone is 4. The Balaban J connectivity index is 2.21. The molecule has 1 aliphatic heterocycles. The van der Waals surface area contributed by atoms with Crippen LogP contribution in [0.1, 0.15) is 28.8 Å². The van der Waals surface area contributed by atoms with Gasteiger partial charge in [-0.2, -0.15) is 10.5 Å². The zero-order valence-corrected chi connectivity index (χ0v) is 10.6. The number of hydrogen-bond donors (Lipinski definition) is 0. The maximum absolute atomic E-state index is 12.4. The van der Waals surface area contributed by atoms with Crippen LogP contribution in [-0.2, 0) is 0 Å². The average Bonchev–Trinajstić information content (AvgIpc) is 2.71. The van der Waals surface area contributed by atoms with Crippen LogP contribution in [0.25, 0.3) is 5.57 Å². The fraction of sp³-hybridized carbons (Fsp3) is 0.125. The predicted molar refractivity (Wildman–Crippen MR) is 73.7 cm³/mol. The molecule has 0 saturated carbocycles. The zero-order valence-electron chi connectivity index (χ0n) is 10.6. The largest absolute Gasteiger partial charge is 0.287 e. The van der Waals surface area contributed by atoms with E-state index in [1.807, 2.05) is 30.3 Å². The normalized spacial score (nSPS) is 19.6. The summed E-state index contributed by atoms with van der Waals surface area (Å²) in [6.07, 6.45) is 2.97. The first kappa shape index (κ1) is 12.1. The van der Waals surface area contributed by atoms with Crippen molar-refractivity contribution in [1.29, 1.82) is 10.5 Å². The topological polar surface area (TPSA) is 77.0 Å². The summed E-state index contributed by atoms with van der Waals surface area (Å²) < 4.78 is 0. The second-order valence-electron chi connectivity index (χ2n) is 4.54. The highest BCUT2D eigenvalue weighted by molar-refractivity contribution is 6.24. The van der Waals surface area contributed by atoms with Gasteiger partial charge in [-0.05, 0) is 24.0 Å². The third-order valence-electron chi connectivity index (χ3n) is 3.45. The minimum absolute atomic E-state index is 0.0147. The minimum atomic E-state index is -0.164. The van der Waals surface area contributed by atoms with Gasteiger partial charge in [0.05, 0.1) is 5.57 Å². The summed E-state index contributed by atoms with van der Waals surface area (Å²) in [5, 5.41) is 18.2. The molecule has 0 N–H and O–H groups in total. The van der Waals surface area contributed by atoms with E-state index < -0.39 is 0 Å². The number of ketones is 1. The summed E-state index contributed by atoms with van der Waals surface area (Å²) in [4.78, 5) is 16.5. The molecule has 0 aromatic heterocycles. The summed E-state index contributed by atoms with van der Waals surface area (Å²) in [5.74, 6) is -0.164. The lowest BCUT2D eigenvalue weighted by molar-refractivity contribution is 0.103. The molecular formula is C16H9N3O. The van der Waals surface area contributed by atoms with E-state index in [2.05, 4.69) is 4.99 Å². The molecule has 1 heterocycles. The summed E-state index contributed by atoms with van der Waals surface area (Å²) in [5.41, 5.74) is 2.94. The Morgan fingerprint density at radius 1 is 1.10 bits per heavy atom. The molecule has 0 unspecified atom stereocenters.